The summed E-state index contributed by atoms with van der Waals surface area (Å²) in [7, 11) is 0. The number of alkyl halides is 3. The number of guanidine groups is 1. The Morgan fingerprint density at radius 2 is 1.52 bits per heavy atom. The molecule has 0 heterocycles. The molecule has 0 aliphatic rings. The molecule has 0 saturated carbocycles. The van der Waals surface area contributed by atoms with Crippen molar-refractivity contribution in [2.75, 3.05) is 5.01 Å². The minimum atomic E-state index is -4.66. The first-order valence-electron chi connectivity index (χ1n) is 6.46. The Bertz CT molecular complexity index is 725. The third kappa shape index (κ3) is 3.79. The molecule has 0 radical (unpaired) electrons. The summed E-state index contributed by atoms with van der Waals surface area (Å²) < 4.78 is 39.5. The van der Waals surface area contributed by atoms with Crippen molar-refractivity contribution in [2.45, 2.75) is 6.18 Å². The van der Waals surface area contributed by atoms with Gasteiger partial charge in [0, 0.05) is 5.56 Å². The van der Waals surface area contributed by atoms with Gasteiger partial charge in [0.2, 0.25) is 5.96 Å². The molecule has 5 nitrogen and oxygen atoms in total. The normalized spacial score (nSPS) is 10.9. The summed E-state index contributed by atoms with van der Waals surface area (Å²) in [5.74, 6) is -1.32. The second kappa shape index (κ2) is 6.39. The summed E-state index contributed by atoms with van der Waals surface area (Å²) in [5, 5.41) is 4.10. The summed E-state index contributed by atoms with van der Waals surface area (Å²) in [4.78, 5) is 12.5. The molecule has 0 saturated heterocycles. The minimum Gasteiger partial charge on any atom is -0.369 e. The SMILES string of the molecule is NC(N)=NN(C(=O)c1ccccc1)c1ccccc1C(F)(F)F. The standard InChI is InChI=1S/C15H13F3N4O/c16-15(17,18)11-8-4-5-9-12(11)22(21-14(19)20)13(23)10-6-2-1-3-7-10/h1-9H,(H4,19,20,21). The Morgan fingerprint density at radius 3 is 2.09 bits per heavy atom. The highest BCUT2D eigenvalue weighted by molar-refractivity contribution is 6.07. The van der Waals surface area contributed by atoms with Crippen molar-refractivity contribution in [1.29, 1.82) is 0 Å². The maximum atomic E-state index is 13.2. The number of anilines is 1. The van der Waals surface area contributed by atoms with E-state index in [4.69, 9.17) is 11.5 Å². The molecule has 0 unspecified atom stereocenters. The number of nitrogens with two attached hydrogens (primary N) is 2. The van der Waals surface area contributed by atoms with Crippen molar-refractivity contribution in [2.24, 2.45) is 16.6 Å². The molecule has 0 bridgehead atoms. The molecule has 120 valence electrons. The van der Waals surface area contributed by atoms with Gasteiger partial charge in [0.1, 0.15) is 0 Å². The predicted molar refractivity (Wildman–Crippen MR) is 80.5 cm³/mol. The number of benzene rings is 2. The van der Waals surface area contributed by atoms with Crippen molar-refractivity contribution in [3.05, 3.63) is 65.7 Å². The summed E-state index contributed by atoms with van der Waals surface area (Å²) in [6, 6.07) is 12.3. The van der Waals surface area contributed by atoms with Crippen molar-refractivity contribution in [1.82, 2.24) is 0 Å². The summed E-state index contributed by atoms with van der Waals surface area (Å²) in [6.07, 6.45) is -4.66. The quantitative estimate of drug-likeness (QED) is 0.517. The molecule has 2 rings (SSSR count). The molecule has 0 atom stereocenters. The zero-order chi connectivity index (χ0) is 17.0. The molecular formula is C15H13F3N4O. The number of hydrogen-bond donors (Lipinski definition) is 2. The van der Waals surface area contributed by atoms with Crippen LogP contribution in [0.2, 0.25) is 0 Å². The van der Waals surface area contributed by atoms with Crippen LogP contribution in [0, 0.1) is 0 Å². The average Bonchev–Trinajstić information content (AvgIpc) is 2.52. The van der Waals surface area contributed by atoms with Gasteiger partial charge in [-0.05, 0) is 24.3 Å². The predicted octanol–water partition coefficient (Wildman–Crippen LogP) is 2.54. The van der Waals surface area contributed by atoms with Crippen LogP contribution < -0.4 is 16.5 Å². The molecule has 0 aliphatic heterocycles. The summed E-state index contributed by atoms with van der Waals surface area (Å²) in [6.45, 7) is 0. The van der Waals surface area contributed by atoms with Crippen molar-refractivity contribution in [3.8, 4) is 0 Å². The van der Waals surface area contributed by atoms with Crippen LogP contribution in [0.5, 0.6) is 0 Å². The molecule has 0 spiro atoms. The number of para-hydroxylation sites is 1. The largest absolute Gasteiger partial charge is 0.418 e. The van der Waals surface area contributed by atoms with Gasteiger partial charge >= 0.3 is 6.18 Å². The maximum absolute atomic E-state index is 13.2. The van der Waals surface area contributed by atoms with Gasteiger partial charge in [0.25, 0.3) is 5.91 Å². The summed E-state index contributed by atoms with van der Waals surface area (Å²) in [5.41, 5.74) is 9.19. The van der Waals surface area contributed by atoms with E-state index in [0.29, 0.717) is 5.01 Å². The number of hydrazone groups is 1. The molecule has 4 N–H and O–H groups in total. The molecule has 23 heavy (non-hydrogen) atoms. The van der Waals surface area contributed by atoms with Crippen molar-refractivity contribution in [3.63, 3.8) is 0 Å². The van der Waals surface area contributed by atoms with Crippen molar-refractivity contribution < 1.29 is 18.0 Å². The van der Waals surface area contributed by atoms with Crippen LogP contribution in [0.15, 0.2) is 59.7 Å². The van der Waals surface area contributed by atoms with Gasteiger partial charge < -0.3 is 11.5 Å². The zero-order valence-electron chi connectivity index (χ0n) is 11.8. The molecule has 0 aromatic heterocycles. The van der Waals surface area contributed by atoms with E-state index in [1.54, 1.807) is 18.2 Å². The second-order valence-corrected chi connectivity index (χ2v) is 4.52. The fraction of sp³-hybridized carbons (Fsp3) is 0.0667. The van der Waals surface area contributed by atoms with E-state index in [1.165, 1.54) is 24.3 Å². The fourth-order valence-electron chi connectivity index (χ4n) is 1.93. The Morgan fingerprint density at radius 1 is 0.957 bits per heavy atom. The van der Waals surface area contributed by atoms with Crippen LogP contribution in [0.4, 0.5) is 18.9 Å². The lowest BCUT2D eigenvalue weighted by atomic mass is 10.1. The van der Waals surface area contributed by atoms with Crippen LogP contribution in [-0.2, 0) is 6.18 Å². The fourth-order valence-corrected chi connectivity index (χ4v) is 1.93. The van der Waals surface area contributed by atoms with Crippen LogP contribution in [0.1, 0.15) is 15.9 Å². The van der Waals surface area contributed by atoms with Gasteiger partial charge in [0.15, 0.2) is 0 Å². The minimum absolute atomic E-state index is 0.148. The molecule has 1 amide bonds. The lowest BCUT2D eigenvalue weighted by Gasteiger charge is -2.21. The molecule has 2 aromatic carbocycles. The van der Waals surface area contributed by atoms with Gasteiger partial charge in [-0.2, -0.15) is 18.2 Å². The average molecular weight is 322 g/mol. The van der Waals surface area contributed by atoms with Gasteiger partial charge in [0.05, 0.1) is 11.3 Å². The third-order valence-electron chi connectivity index (χ3n) is 2.87. The monoisotopic (exact) mass is 322 g/mol. The number of carbonyl (C=O) groups is 1. The molecule has 8 heteroatoms. The van der Waals surface area contributed by atoms with Crippen LogP contribution in [0.3, 0.4) is 0 Å². The number of rotatable bonds is 3. The molecule has 2 aromatic rings. The van der Waals surface area contributed by atoms with Crippen LogP contribution in [0.25, 0.3) is 0 Å². The summed E-state index contributed by atoms with van der Waals surface area (Å²) >= 11 is 0. The van der Waals surface area contributed by atoms with E-state index < -0.39 is 29.3 Å². The lowest BCUT2D eigenvalue weighted by molar-refractivity contribution is -0.137. The van der Waals surface area contributed by atoms with E-state index in [1.807, 2.05) is 0 Å². The highest BCUT2D eigenvalue weighted by Crippen LogP contribution is 2.37. The Labute approximate surface area is 130 Å². The van der Waals surface area contributed by atoms with Gasteiger partial charge in [-0.3, -0.25) is 4.79 Å². The van der Waals surface area contributed by atoms with Crippen molar-refractivity contribution >= 4 is 17.6 Å². The number of hydrogen-bond acceptors (Lipinski definition) is 2. The van der Waals surface area contributed by atoms with E-state index in [2.05, 4.69) is 5.10 Å². The number of nitrogens with zero attached hydrogens (tertiary/aromatic N) is 2. The van der Waals surface area contributed by atoms with Gasteiger partial charge in [-0.1, -0.05) is 30.3 Å². The first-order chi connectivity index (χ1) is 10.8. The highest BCUT2D eigenvalue weighted by Gasteiger charge is 2.36. The molecule has 0 aliphatic carbocycles. The maximum Gasteiger partial charge on any atom is 0.418 e. The lowest BCUT2D eigenvalue weighted by Crippen LogP contribution is -2.34. The van der Waals surface area contributed by atoms with Gasteiger partial charge in [-0.15, -0.1) is 5.10 Å². The number of halogens is 3. The number of carbonyl (C=O) groups excluding carboxylic acids is 1. The first kappa shape index (κ1) is 16.3. The number of amides is 1. The Kier molecular flexibility index (Phi) is 4.54. The second-order valence-electron chi connectivity index (χ2n) is 4.52. The van der Waals surface area contributed by atoms with Crippen LogP contribution >= 0.6 is 0 Å². The van der Waals surface area contributed by atoms with Crippen LogP contribution in [-0.4, -0.2) is 11.9 Å². The Hall–Kier alpha value is -3.03. The van der Waals surface area contributed by atoms with E-state index in [9.17, 15) is 18.0 Å². The highest BCUT2D eigenvalue weighted by atomic mass is 19.4. The smallest absolute Gasteiger partial charge is 0.369 e. The van der Waals surface area contributed by atoms with E-state index in [0.717, 1.165) is 12.1 Å². The van der Waals surface area contributed by atoms with E-state index in [-0.39, 0.29) is 5.56 Å². The van der Waals surface area contributed by atoms with E-state index >= 15 is 0 Å². The third-order valence-corrected chi connectivity index (χ3v) is 2.87. The topological polar surface area (TPSA) is 84.7 Å². The molecular weight excluding hydrogens is 309 g/mol. The van der Waals surface area contributed by atoms with Gasteiger partial charge in [-0.25, -0.2) is 0 Å². The molecule has 0 fully saturated rings. The zero-order valence-corrected chi connectivity index (χ0v) is 11.8. The first-order valence-corrected chi connectivity index (χ1v) is 6.46. The Balaban J connectivity index is 2.58.